The third-order valence-electron chi connectivity index (χ3n) is 5.40. The molecule has 1 heterocycles. The minimum atomic E-state index is -4.49. The van der Waals surface area contributed by atoms with Gasteiger partial charge in [-0.15, -0.1) is 0 Å². The quantitative estimate of drug-likeness (QED) is 0.510. The van der Waals surface area contributed by atoms with E-state index in [1.54, 1.807) is 29.2 Å². The molecule has 3 rings (SSSR count). The van der Waals surface area contributed by atoms with E-state index in [4.69, 9.17) is 25.8 Å². The molecule has 1 aliphatic heterocycles. The van der Waals surface area contributed by atoms with Crippen molar-refractivity contribution in [3.05, 3.63) is 64.7 Å². The number of nitrogens with zero attached hydrogens (tertiary/aromatic N) is 2. The van der Waals surface area contributed by atoms with E-state index in [0.29, 0.717) is 17.3 Å². The average Bonchev–Trinajstić information content (AvgIpc) is 2.85. The van der Waals surface area contributed by atoms with E-state index in [-0.39, 0.29) is 50.9 Å². The van der Waals surface area contributed by atoms with Crippen LogP contribution in [0.5, 0.6) is 5.75 Å². The maximum Gasteiger partial charge on any atom is 0.416 e. The molecule has 7 nitrogen and oxygen atoms in total. The fourth-order valence-corrected chi connectivity index (χ4v) is 3.66. The number of carbonyl (C=O) groups excluding carboxylic acids is 2. The third kappa shape index (κ3) is 7.84. The summed E-state index contributed by atoms with van der Waals surface area (Å²) in [6, 6.07) is 10.7. The first-order valence-electron chi connectivity index (χ1n) is 10.9. The minimum absolute atomic E-state index is 0.120. The first kappa shape index (κ1) is 26.8. The number of carbonyl (C=O) groups is 2. The monoisotopic (exact) mass is 514 g/mol. The molecule has 0 aliphatic carbocycles. The molecule has 0 bridgehead atoms. The molecule has 0 aromatic heterocycles. The molecule has 1 fully saturated rings. The lowest BCUT2D eigenvalue weighted by atomic mass is 10.1. The van der Waals surface area contributed by atoms with Gasteiger partial charge < -0.3 is 24.0 Å². The van der Waals surface area contributed by atoms with Crippen molar-refractivity contribution in [2.75, 3.05) is 53.1 Å². The Morgan fingerprint density at radius 3 is 2.46 bits per heavy atom. The predicted molar refractivity (Wildman–Crippen MR) is 122 cm³/mol. The zero-order valence-corrected chi connectivity index (χ0v) is 19.8. The number of benzene rings is 2. The zero-order valence-electron chi connectivity index (χ0n) is 19.1. The van der Waals surface area contributed by atoms with E-state index < -0.39 is 23.8 Å². The van der Waals surface area contributed by atoms with Crippen LogP contribution in [0.15, 0.2) is 48.5 Å². The lowest BCUT2D eigenvalue weighted by molar-refractivity contribution is -0.141. The molecule has 0 unspecified atom stereocenters. The van der Waals surface area contributed by atoms with Crippen LogP contribution in [0.25, 0.3) is 0 Å². The lowest BCUT2D eigenvalue weighted by Gasteiger charge is -2.35. The molecular weight excluding hydrogens is 489 g/mol. The molecule has 190 valence electrons. The van der Waals surface area contributed by atoms with Crippen molar-refractivity contribution in [1.29, 1.82) is 0 Å². The van der Waals surface area contributed by atoms with Crippen molar-refractivity contribution in [3.63, 3.8) is 0 Å². The molecule has 1 aliphatic rings. The second-order valence-corrected chi connectivity index (χ2v) is 8.33. The van der Waals surface area contributed by atoms with Gasteiger partial charge in [0, 0.05) is 43.9 Å². The summed E-state index contributed by atoms with van der Waals surface area (Å²) in [5.74, 6) is -0.167. The fraction of sp³-hybridized carbons (Fsp3) is 0.417. The number of hydrogen-bond acceptors (Lipinski definition) is 5. The second-order valence-electron chi connectivity index (χ2n) is 7.89. The maximum absolute atomic E-state index is 13.0. The van der Waals surface area contributed by atoms with E-state index in [2.05, 4.69) is 0 Å². The smallest absolute Gasteiger partial charge is 0.416 e. The number of halogens is 4. The molecule has 2 amide bonds. The second kappa shape index (κ2) is 12.2. The highest BCUT2D eigenvalue weighted by Gasteiger charge is 2.31. The number of hydrogen-bond donors (Lipinski definition) is 0. The van der Waals surface area contributed by atoms with Crippen molar-refractivity contribution in [2.45, 2.75) is 12.3 Å². The highest BCUT2D eigenvalue weighted by Crippen LogP contribution is 2.29. The molecule has 1 atom stereocenters. The summed E-state index contributed by atoms with van der Waals surface area (Å²) in [4.78, 5) is 28.7. The topological polar surface area (TPSA) is 68.3 Å². The number of amides is 2. The number of morpholine rings is 1. The van der Waals surface area contributed by atoms with Gasteiger partial charge in [0.05, 0.1) is 24.9 Å². The van der Waals surface area contributed by atoms with Gasteiger partial charge in [-0.1, -0.05) is 11.6 Å². The molecule has 0 spiro atoms. The van der Waals surface area contributed by atoms with E-state index in [0.717, 1.165) is 24.3 Å². The van der Waals surface area contributed by atoms with Gasteiger partial charge in [-0.05, 0) is 48.5 Å². The Morgan fingerprint density at radius 1 is 1.14 bits per heavy atom. The molecular formula is C24H26ClF3N2O5. The van der Waals surface area contributed by atoms with Crippen LogP contribution < -0.4 is 4.74 Å². The fourth-order valence-electron chi connectivity index (χ4n) is 3.53. The van der Waals surface area contributed by atoms with Crippen LogP contribution >= 0.6 is 11.6 Å². The summed E-state index contributed by atoms with van der Waals surface area (Å²) < 4.78 is 54.9. The van der Waals surface area contributed by atoms with E-state index in [1.165, 1.54) is 12.0 Å². The molecule has 35 heavy (non-hydrogen) atoms. The molecule has 1 saturated heterocycles. The van der Waals surface area contributed by atoms with Gasteiger partial charge in [-0.3, -0.25) is 9.59 Å². The van der Waals surface area contributed by atoms with Crippen molar-refractivity contribution >= 4 is 23.4 Å². The van der Waals surface area contributed by atoms with E-state index >= 15 is 0 Å². The first-order chi connectivity index (χ1) is 16.7. The summed E-state index contributed by atoms with van der Waals surface area (Å²) in [5.41, 5.74) is -0.711. The molecule has 0 saturated carbocycles. The van der Waals surface area contributed by atoms with Gasteiger partial charge in [0.25, 0.3) is 11.8 Å². The number of ether oxygens (including phenoxy) is 3. The van der Waals surface area contributed by atoms with Crippen LogP contribution in [0.1, 0.15) is 15.9 Å². The van der Waals surface area contributed by atoms with Gasteiger partial charge in [-0.2, -0.15) is 13.2 Å². The van der Waals surface area contributed by atoms with Gasteiger partial charge >= 0.3 is 6.18 Å². The highest BCUT2D eigenvalue weighted by molar-refractivity contribution is 6.30. The normalized spacial score (nSPS) is 16.1. The Bertz CT molecular complexity index is 986. The molecule has 0 radical (unpaired) electrons. The Kier molecular flexibility index (Phi) is 9.36. The summed E-state index contributed by atoms with van der Waals surface area (Å²) in [7, 11) is 1.49. The zero-order chi connectivity index (χ0) is 25.4. The Hall–Kier alpha value is -2.82. The Morgan fingerprint density at radius 2 is 1.83 bits per heavy atom. The van der Waals surface area contributed by atoms with Crippen LogP contribution in [0.3, 0.4) is 0 Å². The number of rotatable bonds is 9. The molecule has 2 aromatic carbocycles. The average molecular weight is 515 g/mol. The minimum Gasteiger partial charge on any atom is -0.484 e. The predicted octanol–water partition coefficient (Wildman–Crippen LogP) is 3.75. The molecule has 0 N–H and O–H groups in total. The van der Waals surface area contributed by atoms with Gasteiger partial charge in [-0.25, -0.2) is 0 Å². The van der Waals surface area contributed by atoms with E-state index in [1.807, 2.05) is 0 Å². The van der Waals surface area contributed by atoms with Gasteiger partial charge in [0.1, 0.15) is 5.75 Å². The molecule has 2 aromatic rings. The summed E-state index contributed by atoms with van der Waals surface area (Å²) in [6.45, 7) is 1.33. The lowest BCUT2D eigenvalue weighted by Crippen LogP contribution is -2.52. The first-order valence-corrected chi connectivity index (χ1v) is 11.3. The van der Waals surface area contributed by atoms with Gasteiger partial charge in [0.2, 0.25) is 0 Å². The number of methoxy groups -OCH3 is 1. The summed E-state index contributed by atoms with van der Waals surface area (Å²) in [6.07, 6.45) is -4.96. The Balaban J connectivity index is 1.60. The van der Waals surface area contributed by atoms with Crippen LogP contribution in [-0.2, 0) is 20.4 Å². The van der Waals surface area contributed by atoms with Crippen molar-refractivity contribution in [1.82, 2.24) is 9.80 Å². The van der Waals surface area contributed by atoms with Crippen molar-refractivity contribution < 1.29 is 37.0 Å². The van der Waals surface area contributed by atoms with Crippen LogP contribution in [0, 0.1) is 0 Å². The Labute approximate surface area is 206 Å². The standard InChI is InChI=1S/C24H26ClF3N2O5/c1-33-12-10-30(23(32)17-2-4-18(5-3-17)24(26,27)28)15-21-14-29(11-13-34-21)22(31)16-35-20-8-6-19(25)7-9-20/h2-9,21H,10-16H2,1H3/t21-/m0/s1. The van der Waals surface area contributed by atoms with Crippen LogP contribution in [0.4, 0.5) is 13.2 Å². The summed E-state index contributed by atoms with van der Waals surface area (Å²) in [5, 5.41) is 0.559. The SMILES string of the molecule is COCCN(C[C@@H]1CN(C(=O)COc2ccc(Cl)cc2)CCO1)C(=O)c1ccc(C(F)(F)F)cc1. The van der Waals surface area contributed by atoms with Crippen molar-refractivity contribution in [3.8, 4) is 5.75 Å². The highest BCUT2D eigenvalue weighted by atomic mass is 35.5. The van der Waals surface area contributed by atoms with E-state index in [9.17, 15) is 22.8 Å². The maximum atomic E-state index is 13.0. The van der Waals surface area contributed by atoms with Crippen LogP contribution in [-0.4, -0.2) is 80.8 Å². The largest absolute Gasteiger partial charge is 0.484 e. The third-order valence-corrected chi connectivity index (χ3v) is 5.66. The summed E-state index contributed by atoms with van der Waals surface area (Å²) >= 11 is 5.85. The van der Waals surface area contributed by atoms with Crippen LogP contribution in [0.2, 0.25) is 5.02 Å². The van der Waals surface area contributed by atoms with Gasteiger partial charge in [0.15, 0.2) is 6.61 Å². The molecule has 11 heteroatoms. The number of alkyl halides is 3. The van der Waals surface area contributed by atoms with Crippen molar-refractivity contribution in [2.24, 2.45) is 0 Å².